The maximum absolute atomic E-state index is 12.6. The van der Waals surface area contributed by atoms with Crippen molar-refractivity contribution in [3.05, 3.63) is 15.6 Å². The fraction of sp³-hybridized carbons (Fsp3) is 0.667. The van der Waals surface area contributed by atoms with Crippen LogP contribution in [-0.4, -0.2) is 12.0 Å². The van der Waals surface area contributed by atoms with Crippen molar-refractivity contribution in [2.75, 3.05) is 7.05 Å². The SMILES string of the molecule is CNCc1sc(C2CC2)nc1C(F)(F)F. The molecule has 1 N–H and O–H groups in total. The second-order valence-corrected chi connectivity index (χ2v) is 4.74. The first kappa shape index (κ1) is 10.9. The molecule has 0 aliphatic heterocycles. The summed E-state index contributed by atoms with van der Waals surface area (Å²) in [5.41, 5.74) is -0.705. The van der Waals surface area contributed by atoms with Gasteiger partial charge in [0.1, 0.15) is 0 Å². The van der Waals surface area contributed by atoms with Crippen molar-refractivity contribution < 1.29 is 13.2 Å². The Hall–Kier alpha value is -0.620. The van der Waals surface area contributed by atoms with Gasteiger partial charge in [-0.1, -0.05) is 0 Å². The Balaban J connectivity index is 2.32. The van der Waals surface area contributed by atoms with Crippen LogP contribution in [0, 0.1) is 0 Å². The zero-order valence-corrected chi connectivity index (χ0v) is 9.00. The molecule has 1 aliphatic rings. The van der Waals surface area contributed by atoms with Gasteiger partial charge in [-0.15, -0.1) is 11.3 Å². The van der Waals surface area contributed by atoms with Crippen LogP contribution in [0.5, 0.6) is 0 Å². The lowest BCUT2D eigenvalue weighted by atomic mass is 10.3. The van der Waals surface area contributed by atoms with E-state index in [0.717, 1.165) is 12.8 Å². The van der Waals surface area contributed by atoms with Crippen LogP contribution in [0.15, 0.2) is 0 Å². The highest BCUT2D eigenvalue weighted by Crippen LogP contribution is 2.45. The normalized spacial score (nSPS) is 17.1. The summed E-state index contributed by atoms with van der Waals surface area (Å²) in [6.07, 6.45) is -2.37. The summed E-state index contributed by atoms with van der Waals surface area (Å²) in [7, 11) is 1.64. The average Bonchev–Trinajstić information content (AvgIpc) is 2.87. The van der Waals surface area contributed by atoms with Gasteiger partial charge >= 0.3 is 6.18 Å². The highest BCUT2D eigenvalue weighted by Gasteiger charge is 2.39. The van der Waals surface area contributed by atoms with Gasteiger partial charge in [-0.05, 0) is 19.9 Å². The predicted octanol–water partition coefficient (Wildman–Crippen LogP) is 2.76. The number of nitrogens with zero attached hydrogens (tertiary/aromatic N) is 1. The molecule has 1 saturated carbocycles. The molecule has 1 aromatic heterocycles. The molecule has 0 amide bonds. The molecular formula is C9H11F3N2S. The minimum atomic E-state index is -4.32. The van der Waals surface area contributed by atoms with Gasteiger partial charge in [0.05, 0.1) is 9.88 Å². The monoisotopic (exact) mass is 236 g/mol. The quantitative estimate of drug-likeness (QED) is 0.872. The number of hydrogen-bond acceptors (Lipinski definition) is 3. The molecular weight excluding hydrogens is 225 g/mol. The van der Waals surface area contributed by atoms with Gasteiger partial charge in [-0.3, -0.25) is 0 Å². The first-order valence-electron chi connectivity index (χ1n) is 4.73. The summed E-state index contributed by atoms with van der Waals surface area (Å²) < 4.78 is 37.8. The van der Waals surface area contributed by atoms with Crippen molar-refractivity contribution >= 4 is 11.3 Å². The van der Waals surface area contributed by atoms with Gasteiger partial charge < -0.3 is 5.32 Å². The maximum Gasteiger partial charge on any atom is 0.434 e. The third-order valence-electron chi connectivity index (χ3n) is 2.25. The molecule has 1 aromatic rings. The molecule has 15 heavy (non-hydrogen) atoms. The number of alkyl halides is 3. The van der Waals surface area contributed by atoms with Gasteiger partial charge in [-0.2, -0.15) is 13.2 Å². The lowest BCUT2D eigenvalue weighted by Crippen LogP contribution is -2.12. The van der Waals surface area contributed by atoms with Crippen LogP contribution in [0.2, 0.25) is 0 Å². The van der Waals surface area contributed by atoms with E-state index in [2.05, 4.69) is 10.3 Å². The number of thiazole rings is 1. The standard InChI is InChI=1S/C9H11F3N2S/c1-13-4-6-7(9(10,11)12)14-8(15-6)5-2-3-5/h5,13H,2-4H2,1H3. The molecule has 0 saturated heterocycles. The first-order valence-corrected chi connectivity index (χ1v) is 5.55. The van der Waals surface area contributed by atoms with Gasteiger partial charge in [-0.25, -0.2) is 4.98 Å². The van der Waals surface area contributed by atoms with Crippen molar-refractivity contribution in [2.45, 2.75) is 31.5 Å². The minimum Gasteiger partial charge on any atom is -0.315 e. The molecule has 1 fully saturated rings. The van der Waals surface area contributed by atoms with E-state index in [1.165, 1.54) is 11.3 Å². The van der Waals surface area contributed by atoms with E-state index in [4.69, 9.17) is 0 Å². The summed E-state index contributed by atoms with van der Waals surface area (Å²) in [6.45, 7) is 0.235. The Bertz CT molecular complexity index is 355. The number of nitrogens with one attached hydrogen (secondary N) is 1. The van der Waals surface area contributed by atoms with Crippen molar-refractivity contribution in [1.29, 1.82) is 0 Å². The molecule has 1 aliphatic carbocycles. The molecule has 0 unspecified atom stereocenters. The van der Waals surface area contributed by atoms with Crippen LogP contribution in [0.25, 0.3) is 0 Å². The Morgan fingerprint density at radius 1 is 1.47 bits per heavy atom. The van der Waals surface area contributed by atoms with Crippen LogP contribution in [0.4, 0.5) is 13.2 Å². The van der Waals surface area contributed by atoms with Gasteiger partial charge in [0.25, 0.3) is 0 Å². The molecule has 6 heteroatoms. The minimum absolute atomic E-state index is 0.235. The lowest BCUT2D eigenvalue weighted by Gasteiger charge is -2.04. The molecule has 2 rings (SSSR count). The van der Waals surface area contributed by atoms with Crippen LogP contribution in [0.1, 0.15) is 34.3 Å². The average molecular weight is 236 g/mol. The fourth-order valence-electron chi connectivity index (χ4n) is 1.38. The van der Waals surface area contributed by atoms with Gasteiger partial charge in [0, 0.05) is 12.5 Å². The van der Waals surface area contributed by atoms with Crippen LogP contribution in [-0.2, 0) is 12.7 Å². The smallest absolute Gasteiger partial charge is 0.315 e. The number of aromatic nitrogens is 1. The topological polar surface area (TPSA) is 24.9 Å². The summed E-state index contributed by atoms with van der Waals surface area (Å²) in [5, 5.41) is 3.39. The Morgan fingerprint density at radius 2 is 2.13 bits per heavy atom. The van der Waals surface area contributed by atoms with E-state index < -0.39 is 11.9 Å². The van der Waals surface area contributed by atoms with Crippen LogP contribution < -0.4 is 5.32 Å². The Labute approximate surface area is 89.5 Å². The highest BCUT2D eigenvalue weighted by atomic mass is 32.1. The molecule has 1 heterocycles. The molecule has 0 radical (unpaired) electrons. The Kier molecular flexibility index (Phi) is 2.72. The molecule has 0 atom stereocenters. The van der Waals surface area contributed by atoms with Crippen molar-refractivity contribution in [3.63, 3.8) is 0 Å². The van der Waals surface area contributed by atoms with Crippen molar-refractivity contribution in [3.8, 4) is 0 Å². The van der Waals surface area contributed by atoms with Crippen molar-refractivity contribution in [2.24, 2.45) is 0 Å². The number of hydrogen-bond donors (Lipinski definition) is 1. The number of halogens is 3. The predicted molar refractivity (Wildman–Crippen MR) is 51.9 cm³/mol. The largest absolute Gasteiger partial charge is 0.434 e. The molecule has 0 spiro atoms. The zero-order chi connectivity index (χ0) is 11.1. The molecule has 84 valence electrons. The fourth-order valence-corrected chi connectivity index (χ4v) is 2.64. The summed E-state index contributed by atoms with van der Waals surface area (Å²) >= 11 is 1.19. The zero-order valence-electron chi connectivity index (χ0n) is 8.19. The number of rotatable bonds is 3. The lowest BCUT2D eigenvalue weighted by molar-refractivity contribution is -0.141. The van der Waals surface area contributed by atoms with E-state index in [-0.39, 0.29) is 12.5 Å². The van der Waals surface area contributed by atoms with E-state index in [1.54, 1.807) is 7.05 Å². The maximum atomic E-state index is 12.6. The van der Waals surface area contributed by atoms with E-state index >= 15 is 0 Å². The van der Waals surface area contributed by atoms with Crippen molar-refractivity contribution in [1.82, 2.24) is 10.3 Å². The van der Waals surface area contributed by atoms with Crippen LogP contribution in [0.3, 0.4) is 0 Å². The van der Waals surface area contributed by atoms with Gasteiger partial charge in [0.2, 0.25) is 0 Å². The van der Waals surface area contributed by atoms with E-state index in [1.807, 2.05) is 0 Å². The molecule has 0 aromatic carbocycles. The second kappa shape index (κ2) is 3.75. The summed E-state index contributed by atoms with van der Waals surface area (Å²) in [5.74, 6) is 0.279. The molecule has 2 nitrogen and oxygen atoms in total. The summed E-state index contributed by atoms with van der Waals surface area (Å²) in [4.78, 5) is 4.01. The highest BCUT2D eigenvalue weighted by molar-refractivity contribution is 7.11. The molecule has 0 bridgehead atoms. The van der Waals surface area contributed by atoms with Gasteiger partial charge in [0.15, 0.2) is 5.69 Å². The third-order valence-corrected chi connectivity index (χ3v) is 3.46. The Morgan fingerprint density at radius 3 is 2.60 bits per heavy atom. The van der Waals surface area contributed by atoms with E-state index in [0.29, 0.717) is 9.88 Å². The third kappa shape index (κ3) is 2.31. The summed E-state index contributed by atoms with van der Waals surface area (Å²) in [6, 6.07) is 0. The second-order valence-electron chi connectivity index (χ2n) is 3.63. The van der Waals surface area contributed by atoms with Crippen LogP contribution >= 0.6 is 11.3 Å². The van der Waals surface area contributed by atoms with E-state index in [9.17, 15) is 13.2 Å². The first-order chi connectivity index (χ1) is 7.02.